The molecule has 0 radical (unpaired) electrons. The summed E-state index contributed by atoms with van der Waals surface area (Å²) in [5, 5.41) is 2.15. The molecule has 0 saturated carbocycles. The number of hydrogen-bond acceptors (Lipinski definition) is 5. The minimum absolute atomic E-state index is 0.0982. The van der Waals surface area contributed by atoms with Crippen LogP contribution in [0.25, 0.3) is 20.3 Å². The minimum Gasteiger partial charge on any atom is -0.337 e. The van der Waals surface area contributed by atoms with Crippen molar-refractivity contribution in [1.29, 1.82) is 0 Å². The number of fused-ring (bicyclic) bond motifs is 2. The fraction of sp³-hybridized carbons (Fsp3) is 0.208. The molecule has 0 saturated heterocycles. The Bertz CT molecular complexity index is 1390. The number of aryl methyl sites for hydroxylation is 2. The number of carbonyl (C=O) groups is 1. The molecule has 5 aromatic rings. The van der Waals surface area contributed by atoms with Crippen LogP contribution in [-0.4, -0.2) is 27.0 Å². The van der Waals surface area contributed by atoms with E-state index in [1.165, 1.54) is 16.9 Å². The predicted molar refractivity (Wildman–Crippen MR) is 134 cm³/mol. The number of nitrogens with zero attached hydrogens (tertiary/aromatic N) is 4. The van der Waals surface area contributed by atoms with Gasteiger partial charge in [0.25, 0.3) is 5.91 Å². The van der Waals surface area contributed by atoms with E-state index in [4.69, 9.17) is 16.6 Å². The van der Waals surface area contributed by atoms with Gasteiger partial charge in [0.05, 0.1) is 21.6 Å². The van der Waals surface area contributed by atoms with Crippen LogP contribution in [0.2, 0.25) is 5.02 Å². The van der Waals surface area contributed by atoms with E-state index in [1.54, 1.807) is 28.8 Å². The Morgan fingerprint density at radius 3 is 2.75 bits per heavy atom. The summed E-state index contributed by atoms with van der Waals surface area (Å²) in [7, 11) is 0. The Balaban J connectivity index is 1.52. The summed E-state index contributed by atoms with van der Waals surface area (Å²) < 4.78 is 4.12. The molecule has 0 aliphatic carbocycles. The van der Waals surface area contributed by atoms with E-state index in [2.05, 4.69) is 30.1 Å². The monoisotopic (exact) mass is 480 g/mol. The summed E-state index contributed by atoms with van der Waals surface area (Å²) >= 11 is 9.65. The van der Waals surface area contributed by atoms with Gasteiger partial charge in [-0.15, -0.1) is 11.3 Å². The van der Waals surface area contributed by atoms with E-state index in [-0.39, 0.29) is 5.91 Å². The Morgan fingerprint density at radius 1 is 1.12 bits per heavy atom. The van der Waals surface area contributed by atoms with Crippen LogP contribution in [0.15, 0.2) is 61.2 Å². The van der Waals surface area contributed by atoms with E-state index >= 15 is 0 Å². The third kappa shape index (κ3) is 3.92. The highest BCUT2D eigenvalue weighted by Gasteiger charge is 2.26. The van der Waals surface area contributed by atoms with Gasteiger partial charge in [-0.05, 0) is 30.5 Å². The van der Waals surface area contributed by atoms with Crippen LogP contribution >= 0.6 is 34.3 Å². The highest BCUT2D eigenvalue weighted by atomic mass is 35.5. The first-order chi connectivity index (χ1) is 15.7. The van der Waals surface area contributed by atoms with Crippen molar-refractivity contribution in [2.45, 2.75) is 26.3 Å². The van der Waals surface area contributed by atoms with Crippen LogP contribution in [0.5, 0.6) is 0 Å². The van der Waals surface area contributed by atoms with Crippen LogP contribution in [0.4, 0.5) is 5.13 Å². The number of rotatable bonds is 7. The number of benzene rings is 2. The number of carbonyl (C=O) groups excluding carboxylic acids is 1. The van der Waals surface area contributed by atoms with Crippen molar-refractivity contribution in [3.05, 3.63) is 76.6 Å². The van der Waals surface area contributed by atoms with Gasteiger partial charge in [0.2, 0.25) is 0 Å². The van der Waals surface area contributed by atoms with Crippen molar-refractivity contribution < 1.29 is 4.79 Å². The predicted octanol–water partition coefficient (Wildman–Crippen LogP) is 6.66. The van der Waals surface area contributed by atoms with E-state index in [1.807, 2.05) is 35.0 Å². The highest BCUT2D eigenvalue weighted by Crippen LogP contribution is 2.38. The molecular weight excluding hydrogens is 460 g/mol. The normalized spacial score (nSPS) is 11.4. The summed E-state index contributed by atoms with van der Waals surface area (Å²) in [6.07, 6.45) is 7.17. The molecule has 0 fully saturated rings. The highest BCUT2D eigenvalue weighted by molar-refractivity contribution is 7.23. The quantitative estimate of drug-likeness (QED) is 0.261. The maximum Gasteiger partial charge on any atom is 0.271 e. The van der Waals surface area contributed by atoms with Gasteiger partial charge in [0, 0.05) is 35.6 Å². The zero-order valence-corrected chi connectivity index (χ0v) is 19.9. The van der Waals surface area contributed by atoms with E-state index < -0.39 is 0 Å². The lowest BCUT2D eigenvalue weighted by atomic mass is 10.1. The smallest absolute Gasteiger partial charge is 0.271 e. The molecule has 0 aliphatic heterocycles. The Morgan fingerprint density at radius 2 is 1.97 bits per heavy atom. The number of hydrogen-bond donors (Lipinski definition) is 0. The van der Waals surface area contributed by atoms with Crippen molar-refractivity contribution >= 4 is 65.6 Å². The minimum atomic E-state index is -0.0982. The van der Waals surface area contributed by atoms with E-state index in [0.717, 1.165) is 39.7 Å². The molecule has 0 aliphatic rings. The van der Waals surface area contributed by atoms with Gasteiger partial charge in [-0.3, -0.25) is 9.69 Å². The number of halogens is 1. The van der Waals surface area contributed by atoms with Gasteiger partial charge in [0.15, 0.2) is 5.13 Å². The second-order valence-corrected chi connectivity index (χ2v) is 9.91. The maximum absolute atomic E-state index is 13.8. The molecule has 0 atom stereocenters. The number of thiophene rings is 1. The molecule has 3 aromatic heterocycles. The third-order valence-corrected chi connectivity index (χ3v) is 8.14. The van der Waals surface area contributed by atoms with Crippen LogP contribution in [0, 0.1) is 0 Å². The topological polar surface area (TPSA) is 51.0 Å². The number of anilines is 1. The van der Waals surface area contributed by atoms with Crippen molar-refractivity contribution in [3.63, 3.8) is 0 Å². The van der Waals surface area contributed by atoms with Crippen LogP contribution < -0.4 is 4.90 Å². The van der Waals surface area contributed by atoms with Crippen LogP contribution in [0.1, 0.15) is 28.6 Å². The molecule has 162 valence electrons. The Hall–Kier alpha value is -2.74. The van der Waals surface area contributed by atoms with Gasteiger partial charge < -0.3 is 4.57 Å². The van der Waals surface area contributed by atoms with Gasteiger partial charge in [-0.2, -0.15) is 0 Å². The molecular formula is C24H21ClN4OS2. The molecule has 2 aromatic carbocycles. The first-order valence-electron chi connectivity index (χ1n) is 10.5. The standard InChI is InChI=1S/C24H21ClN4OS2/c1-2-16-7-5-10-19-21(16)27-24(32-19)29(13-6-12-28-14-11-26-15-28)23(30)22-20(25)17-8-3-4-9-18(17)31-22/h3-5,7-11,14-15H,2,6,12-13H2,1H3. The maximum atomic E-state index is 13.8. The summed E-state index contributed by atoms with van der Waals surface area (Å²) in [4.78, 5) is 25.1. The fourth-order valence-electron chi connectivity index (χ4n) is 3.78. The SMILES string of the molecule is CCc1cccc2sc(N(CCCn3ccnc3)C(=O)c3sc4ccccc4c3Cl)nc12. The average molecular weight is 481 g/mol. The summed E-state index contributed by atoms with van der Waals surface area (Å²) in [5.41, 5.74) is 2.17. The molecule has 0 bridgehead atoms. The molecule has 1 amide bonds. The summed E-state index contributed by atoms with van der Waals surface area (Å²) in [5.74, 6) is -0.0982. The van der Waals surface area contributed by atoms with Gasteiger partial charge in [-0.1, -0.05) is 60.2 Å². The fourth-order valence-corrected chi connectivity index (χ4v) is 6.28. The largest absolute Gasteiger partial charge is 0.337 e. The van der Waals surface area contributed by atoms with Gasteiger partial charge in [-0.25, -0.2) is 9.97 Å². The zero-order chi connectivity index (χ0) is 22.1. The molecule has 5 nitrogen and oxygen atoms in total. The van der Waals surface area contributed by atoms with Crippen LogP contribution in [-0.2, 0) is 13.0 Å². The molecule has 0 spiro atoms. The first kappa shape index (κ1) is 21.1. The average Bonchev–Trinajstić information content (AvgIpc) is 3.55. The van der Waals surface area contributed by atoms with E-state index in [9.17, 15) is 4.79 Å². The molecule has 0 N–H and O–H groups in total. The summed E-state index contributed by atoms with van der Waals surface area (Å²) in [6, 6.07) is 14.1. The van der Waals surface area contributed by atoms with Crippen molar-refractivity contribution in [2.75, 3.05) is 11.4 Å². The molecule has 0 unspecified atom stereocenters. The Kier molecular flexibility index (Phi) is 5.95. The third-order valence-electron chi connectivity index (χ3n) is 5.43. The second-order valence-electron chi connectivity index (χ2n) is 7.47. The Labute approximate surface area is 198 Å². The molecule has 32 heavy (non-hydrogen) atoms. The van der Waals surface area contributed by atoms with Crippen molar-refractivity contribution in [3.8, 4) is 0 Å². The zero-order valence-electron chi connectivity index (χ0n) is 17.5. The van der Waals surface area contributed by atoms with Crippen molar-refractivity contribution in [1.82, 2.24) is 14.5 Å². The van der Waals surface area contributed by atoms with E-state index in [0.29, 0.717) is 21.6 Å². The lowest BCUT2D eigenvalue weighted by Crippen LogP contribution is -2.32. The second kappa shape index (κ2) is 9.02. The van der Waals surface area contributed by atoms with Gasteiger partial charge >= 0.3 is 0 Å². The lowest BCUT2D eigenvalue weighted by molar-refractivity contribution is 0.0990. The van der Waals surface area contributed by atoms with Crippen LogP contribution in [0.3, 0.4) is 0 Å². The van der Waals surface area contributed by atoms with Gasteiger partial charge in [0.1, 0.15) is 4.88 Å². The summed E-state index contributed by atoms with van der Waals surface area (Å²) in [6.45, 7) is 3.44. The number of para-hydroxylation sites is 1. The number of aromatic nitrogens is 3. The molecule has 3 heterocycles. The number of thiazole rings is 1. The lowest BCUT2D eigenvalue weighted by Gasteiger charge is -2.19. The number of amides is 1. The first-order valence-corrected chi connectivity index (χ1v) is 12.5. The van der Waals surface area contributed by atoms with Crippen molar-refractivity contribution in [2.24, 2.45) is 0 Å². The number of imidazole rings is 1. The molecule has 8 heteroatoms. The molecule has 5 rings (SSSR count).